The molecule has 2 rings (SSSR count). The lowest BCUT2D eigenvalue weighted by atomic mass is 10.0. The molecule has 1 saturated carbocycles. The summed E-state index contributed by atoms with van der Waals surface area (Å²) in [7, 11) is 2.19. The lowest BCUT2D eigenvalue weighted by Crippen LogP contribution is -2.37. The molecule has 0 bridgehead atoms. The summed E-state index contributed by atoms with van der Waals surface area (Å²) in [6.45, 7) is 1.79. The van der Waals surface area contributed by atoms with Crippen molar-refractivity contribution >= 4 is 11.3 Å². The third-order valence-electron chi connectivity index (χ3n) is 3.38. The van der Waals surface area contributed by atoms with Crippen LogP contribution in [0.25, 0.3) is 0 Å². The molecule has 1 aromatic rings. The molecule has 84 valence electrons. The summed E-state index contributed by atoms with van der Waals surface area (Å²) < 4.78 is 0. The Kier molecular flexibility index (Phi) is 3.72. The zero-order chi connectivity index (χ0) is 10.7. The maximum Gasteiger partial charge on any atom is 0.0795 e. The molecule has 0 spiro atoms. The lowest BCUT2D eigenvalue weighted by molar-refractivity contribution is 0.191. The van der Waals surface area contributed by atoms with Gasteiger partial charge in [0.05, 0.1) is 11.2 Å². The van der Waals surface area contributed by atoms with E-state index in [-0.39, 0.29) is 0 Å². The molecule has 0 aliphatic heterocycles. The fraction of sp³-hybridized carbons (Fsp3) is 0.727. The molecule has 1 aliphatic rings. The molecule has 1 aromatic heterocycles. The minimum Gasteiger partial charge on any atom is -0.330 e. The van der Waals surface area contributed by atoms with Crippen molar-refractivity contribution in [1.29, 1.82) is 0 Å². The third kappa shape index (κ3) is 2.56. The van der Waals surface area contributed by atoms with Crippen LogP contribution in [0.5, 0.6) is 0 Å². The Morgan fingerprint density at radius 3 is 3.13 bits per heavy atom. The number of nitrogens with two attached hydrogens (primary N) is 1. The van der Waals surface area contributed by atoms with Crippen LogP contribution >= 0.6 is 11.3 Å². The van der Waals surface area contributed by atoms with Gasteiger partial charge in [-0.1, -0.05) is 6.42 Å². The highest BCUT2D eigenvalue weighted by atomic mass is 32.1. The zero-order valence-electron chi connectivity index (χ0n) is 9.22. The van der Waals surface area contributed by atoms with Crippen LogP contribution in [-0.4, -0.2) is 29.5 Å². The maximum atomic E-state index is 5.80. The number of hydrogen-bond donors (Lipinski definition) is 1. The Balaban J connectivity index is 1.92. The van der Waals surface area contributed by atoms with Gasteiger partial charge in [0.15, 0.2) is 0 Å². The summed E-state index contributed by atoms with van der Waals surface area (Å²) in [4.78, 5) is 6.74. The van der Waals surface area contributed by atoms with Gasteiger partial charge in [-0.2, -0.15) is 0 Å². The summed E-state index contributed by atoms with van der Waals surface area (Å²) in [5.74, 6) is 0.689. The number of rotatable bonds is 4. The molecule has 0 amide bonds. The maximum absolute atomic E-state index is 5.80. The molecule has 15 heavy (non-hydrogen) atoms. The van der Waals surface area contributed by atoms with Gasteiger partial charge in [0.2, 0.25) is 0 Å². The second-order valence-electron chi connectivity index (χ2n) is 4.39. The van der Waals surface area contributed by atoms with Crippen molar-refractivity contribution in [2.24, 2.45) is 11.7 Å². The molecule has 2 atom stereocenters. The lowest BCUT2D eigenvalue weighted by Gasteiger charge is -2.28. The van der Waals surface area contributed by atoms with E-state index in [2.05, 4.69) is 22.3 Å². The Morgan fingerprint density at radius 2 is 2.47 bits per heavy atom. The molecule has 4 heteroatoms. The fourth-order valence-electron chi connectivity index (χ4n) is 2.56. The molecule has 2 unspecified atom stereocenters. The number of thiazole rings is 1. The average Bonchev–Trinajstić information content (AvgIpc) is 2.86. The first-order valence-electron chi connectivity index (χ1n) is 5.58. The van der Waals surface area contributed by atoms with Crippen LogP contribution in [0.15, 0.2) is 10.9 Å². The number of hydrogen-bond acceptors (Lipinski definition) is 4. The highest BCUT2D eigenvalue weighted by molar-refractivity contribution is 7.07. The van der Waals surface area contributed by atoms with E-state index in [4.69, 9.17) is 5.73 Å². The van der Waals surface area contributed by atoms with Crippen molar-refractivity contribution in [2.75, 3.05) is 13.6 Å². The Hall–Kier alpha value is -0.450. The van der Waals surface area contributed by atoms with Gasteiger partial charge < -0.3 is 5.73 Å². The van der Waals surface area contributed by atoms with Crippen LogP contribution in [-0.2, 0) is 6.54 Å². The topological polar surface area (TPSA) is 42.2 Å². The van der Waals surface area contributed by atoms with E-state index in [9.17, 15) is 0 Å². The van der Waals surface area contributed by atoms with Gasteiger partial charge >= 0.3 is 0 Å². The molecule has 2 N–H and O–H groups in total. The Morgan fingerprint density at radius 1 is 1.60 bits per heavy atom. The van der Waals surface area contributed by atoms with E-state index < -0.39 is 0 Å². The van der Waals surface area contributed by atoms with Gasteiger partial charge in [-0.15, -0.1) is 11.3 Å². The zero-order valence-corrected chi connectivity index (χ0v) is 10.0. The number of nitrogens with zero attached hydrogens (tertiary/aromatic N) is 2. The largest absolute Gasteiger partial charge is 0.330 e. The van der Waals surface area contributed by atoms with E-state index >= 15 is 0 Å². The molecular weight excluding hydrogens is 206 g/mol. The molecule has 1 aliphatic carbocycles. The molecular formula is C11H19N3S. The SMILES string of the molecule is CN(Cc1cscn1)C1CCCC1CN. The van der Waals surface area contributed by atoms with Crippen LogP contribution in [0.4, 0.5) is 0 Å². The van der Waals surface area contributed by atoms with Crippen LogP contribution in [0, 0.1) is 5.92 Å². The summed E-state index contributed by atoms with van der Waals surface area (Å²) in [5, 5.41) is 2.13. The predicted octanol–water partition coefficient (Wildman–Crippen LogP) is 1.70. The van der Waals surface area contributed by atoms with Crippen molar-refractivity contribution in [2.45, 2.75) is 31.8 Å². The standard InChI is InChI=1S/C11H19N3S/c1-14(6-10-7-15-8-13-10)11-4-2-3-9(11)5-12/h7-9,11H,2-6,12H2,1H3. The third-order valence-corrected chi connectivity index (χ3v) is 4.02. The fourth-order valence-corrected chi connectivity index (χ4v) is 3.11. The first kappa shape index (κ1) is 11.0. The first-order valence-corrected chi connectivity index (χ1v) is 6.53. The molecule has 1 heterocycles. The van der Waals surface area contributed by atoms with Crippen molar-refractivity contribution in [3.05, 3.63) is 16.6 Å². The molecule has 0 radical (unpaired) electrons. The molecule has 1 fully saturated rings. The monoisotopic (exact) mass is 225 g/mol. The van der Waals surface area contributed by atoms with E-state index in [1.807, 2.05) is 5.51 Å². The quantitative estimate of drug-likeness (QED) is 0.848. The predicted molar refractivity (Wildman–Crippen MR) is 63.8 cm³/mol. The second-order valence-corrected chi connectivity index (χ2v) is 5.11. The van der Waals surface area contributed by atoms with Gasteiger partial charge in [0.1, 0.15) is 0 Å². The smallest absolute Gasteiger partial charge is 0.0795 e. The summed E-state index contributed by atoms with van der Waals surface area (Å²) in [6.07, 6.45) is 3.92. The van der Waals surface area contributed by atoms with E-state index in [1.165, 1.54) is 25.0 Å². The summed E-state index contributed by atoms with van der Waals surface area (Å²) in [5.41, 5.74) is 8.88. The van der Waals surface area contributed by atoms with Crippen molar-refractivity contribution < 1.29 is 0 Å². The van der Waals surface area contributed by atoms with Gasteiger partial charge in [-0.25, -0.2) is 4.98 Å². The highest BCUT2D eigenvalue weighted by Crippen LogP contribution is 2.29. The van der Waals surface area contributed by atoms with Gasteiger partial charge in [-0.3, -0.25) is 4.90 Å². The molecule has 0 saturated heterocycles. The van der Waals surface area contributed by atoms with Crippen LogP contribution in [0.1, 0.15) is 25.0 Å². The minimum absolute atomic E-state index is 0.664. The number of aromatic nitrogens is 1. The van der Waals surface area contributed by atoms with Gasteiger partial charge in [-0.05, 0) is 32.4 Å². The van der Waals surface area contributed by atoms with Crippen molar-refractivity contribution in [3.63, 3.8) is 0 Å². The Labute approximate surface area is 95.3 Å². The van der Waals surface area contributed by atoms with Gasteiger partial charge in [0, 0.05) is 18.0 Å². The molecule has 3 nitrogen and oxygen atoms in total. The first-order chi connectivity index (χ1) is 7.31. The van der Waals surface area contributed by atoms with Crippen LogP contribution in [0.2, 0.25) is 0 Å². The summed E-state index contributed by atoms with van der Waals surface area (Å²) >= 11 is 1.67. The molecule has 0 aromatic carbocycles. The van der Waals surface area contributed by atoms with Crippen LogP contribution < -0.4 is 5.73 Å². The highest BCUT2D eigenvalue weighted by Gasteiger charge is 2.29. The van der Waals surface area contributed by atoms with E-state index in [0.29, 0.717) is 12.0 Å². The Bertz CT molecular complexity index is 286. The van der Waals surface area contributed by atoms with Crippen molar-refractivity contribution in [1.82, 2.24) is 9.88 Å². The van der Waals surface area contributed by atoms with E-state index in [1.54, 1.807) is 11.3 Å². The van der Waals surface area contributed by atoms with Gasteiger partial charge in [0.25, 0.3) is 0 Å². The normalized spacial score (nSPS) is 26.3. The summed E-state index contributed by atoms with van der Waals surface area (Å²) in [6, 6.07) is 0.664. The van der Waals surface area contributed by atoms with Crippen molar-refractivity contribution in [3.8, 4) is 0 Å². The van der Waals surface area contributed by atoms with E-state index in [0.717, 1.165) is 13.1 Å². The second kappa shape index (κ2) is 5.05. The van der Waals surface area contributed by atoms with Crippen LogP contribution in [0.3, 0.4) is 0 Å². The average molecular weight is 225 g/mol. The minimum atomic E-state index is 0.664.